The van der Waals surface area contributed by atoms with E-state index in [-0.39, 0.29) is 11.8 Å². The van der Waals surface area contributed by atoms with Crippen molar-refractivity contribution in [3.05, 3.63) is 12.7 Å². The van der Waals surface area contributed by atoms with Gasteiger partial charge in [0, 0.05) is 12.1 Å². The van der Waals surface area contributed by atoms with Crippen molar-refractivity contribution in [1.82, 2.24) is 10.0 Å². The molecule has 1 rings (SSSR count). The van der Waals surface area contributed by atoms with E-state index < -0.39 is 10.0 Å². The molecule has 0 bridgehead atoms. The average molecular weight is 218 g/mol. The zero-order valence-corrected chi connectivity index (χ0v) is 9.31. The molecule has 0 radical (unpaired) electrons. The van der Waals surface area contributed by atoms with Crippen LogP contribution in [0.2, 0.25) is 0 Å². The molecule has 1 heterocycles. The van der Waals surface area contributed by atoms with Gasteiger partial charge >= 0.3 is 0 Å². The summed E-state index contributed by atoms with van der Waals surface area (Å²) in [6, 6.07) is 0.469. The van der Waals surface area contributed by atoms with Crippen molar-refractivity contribution in [2.75, 3.05) is 12.3 Å². The van der Waals surface area contributed by atoms with Gasteiger partial charge in [0.1, 0.15) is 0 Å². The van der Waals surface area contributed by atoms with E-state index in [9.17, 15) is 8.42 Å². The number of sulfonamides is 1. The van der Waals surface area contributed by atoms with Crippen molar-refractivity contribution < 1.29 is 8.42 Å². The molecule has 0 aliphatic carbocycles. The number of hydrogen-bond acceptors (Lipinski definition) is 3. The third kappa shape index (κ3) is 3.77. The Hall–Kier alpha value is -0.390. The van der Waals surface area contributed by atoms with E-state index in [0.717, 1.165) is 19.4 Å². The third-order valence-electron chi connectivity index (χ3n) is 2.31. The van der Waals surface area contributed by atoms with Crippen LogP contribution in [0.5, 0.6) is 0 Å². The summed E-state index contributed by atoms with van der Waals surface area (Å²) < 4.78 is 25.5. The van der Waals surface area contributed by atoms with Crippen LogP contribution in [0.1, 0.15) is 19.8 Å². The van der Waals surface area contributed by atoms with E-state index in [1.807, 2.05) is 0 Å². The molecule has 1 aliphatic heterocycles. The van der Waals surface area contributed by atoms with Crippen molar-refractivity contribution in [2.45, 2.75) is 31.8 Å². The Morgan fingerprint density at radius 2 is 2.36 bits per heavy atom. The van der Waals surface area contributed by atoms with Gasteiger partial charge in [-0.2, -0.15) is 0 Å². The maximum Gasteiger partial charge on any atom is 0.215 e. The van der Waals surface area contributed by atoms with Crippen LogP contribution in [-0.4, -0.2) is 32.8 Å². The molecular formula is C9H18N2O2S. The Morgan fingerprint density at radius 3 is 2.93 bits per heavy atom. The van der Waals surface area contributed by atoms with Gasteiger partial charge in [0.05, 0.1) is 5.75 Å². The van der Waals surface area contributed by atoms with Gasteiger partial charge in [-0.1, -0.05) is 6.08 Å². The molecule has 0 spiro atoms. The van der Waals surface area contributed by atoms with E-state index in [2.05, 4.69) is 23.5 Å². The average Bonchev–Trinajstić information content (AvgIpc) is 2.02. The van der Waals surface area contributed by atoms with Crippen molar-refractivity contribution in [3.8, 4) is 0 Å². The summed E-state index contributed by atoms with van der Waals surface area (Å²) >= 11 is 0. The largest absolute Gasteiger partial charge is 0.314 e. The van der Waals surface area contributed by atoms with Crippen molar-refractivity contribution in [2.24, 2.45) is 0 Å². The van der Waals surface area contributed by atoms with E-state index in [0.29, 0.717) is 6.04 Å². The zero-order valence-electron chi connectivity index (χ0n) is 8.49. The smallest absolute Gasteiger partial charge is 0.215 e. The molecule has 4 nitrogen and oxygen atoms in total. The molecule has 1 fully saturated rings. The Balaban J connectivity index is 2.47. The van der Waals surface area contributed by atoms with Crippen LogP contribution < -0.4 is 10.0 Å². The summed E-state index contributed by atoms with van der Waals surface area (Å²) in [7, 11) is -3.15. The number of nitrogens with one attached hydrogen (secondary N) is 2. The molecule has 2 unspecified atom stereocenters. The van der Waals surface area contributed by atoms with E-state index in [4.69, 9.17) is 0 Å². The second-order valence-electron chi connectivity index (χ2n) is 3.76. The summed E-state index contributed by atoms with van der Waals surface area (Å²) in [6.45, 7) is 6.36. The van der Waals surface area contributed by atoms with Gasteiger partial charge in [0.15, 0.2) is 0 Å². The van der Waals surface area contributed by atoms with Crippen LogP contribution in [0.25, 0.3) is 0 Å². The van der Waals surface area contributed by atoms with Gasteiger partial charge in [-0.25, -0.2) is 13.1 Å². The summed E-state index contributed by atoms with van der Waals surface area (Å²) in [5, 5.41) is 3.27. The Morgan fingerprint density at radius 1 is 1.64 bits per heavy atom. The topological polar surface area (TPSA) is 58.2 Å². The van der Waals surface area contributed by atoms with Crippen molar-refractivity contribution in [3.63, 3.8) is 0 Å². The van der Waals surface area contributed by atoms with Gasteiger partial charge in [0.2, 0.25) is 10.0 Å². The molecule has 2 N–H and O–H groups in total. The first kappa shape index (κ1) is 11.7. The fraction of sp³-hybridized carbons (Fsp3) is 0.778. The molecule has 2 atom stereocenters. The predicted molar refractivity (Wildman–Crippen MR) is 57.6 cm³/mol. The summed E-state index contributed by atoms with van der Waals surface area (Å²) in [5.41, 5.74) is 0. The highest BCUT2D eigenvalue weighted by Crippen LogP contribution is 2.09. The molecule has 14 heavy (non-hydrogen) atoms. The highest BCUT2D eigenvalue weighted by Gasteiger charge is 2.22. The minimum atomic E-state index is -3.15. The molecule has 0 saturated carbocycles. The minimum Gasteiger partial charge on any atom is -0.314 e. The minimum absolute atomic E-state index is 0.00527. The highest BCUT2D eigenvalue weighted by atomic mass is 32.2. The summed E-state index contributed by atoms with van der Waals surface area (Å²) in [5.74, 6) is 0.00527. The molecule has 0 aromatic carbocycles. The van der Waals surface area contributed by atoms with E-state index >= 15 is 0 Å². The standard InChI is InChI=1S/C9H18N2O2S/c1-3-6-14(12,13)11-9-4-5-10-8(2)7-9/h3,8-11H,1,4-7H2,2H3. The number of rotatable bonds is 4. The first-order valence-electron chi connectivity index (χ1n) is 4.88. The molecule has 1 saturated heterocycles. The summed E-state index contributed by atoms with van der Waals surface area (Å²) in [6.07, 6.45) is 3.13. The van der Waals surface area contributed by atoms with Gasteiger partial charge < -0.3 is 5.32 Å². The monoisotopic (exact) mass is 218 g/mol. The maximum absolute atomic E-state index is 11.4. The van der Waals surface area contributed by atoms with Gasteiger partial charge in [-0.15, -0.1) is 6.58 Å². The molecule has 1 aliphatic rings. The molecule has 82 valence electrons. The molecule has 5 heteroatoms. The Kier molecular flexibility index (Phi) is 4.10. The molecular weight excluding hydrogens is 200 g/mol. The van der Waals surface area contributed by atoms with Crippen LogP contribution >= 0.6 is 0 Å². The lowest BCUT2D eigenvalue weighted by molar-refractivity contribution is 0.361. The van der Waals surface area contributed by atoms with E-state index in [1.165, 1.54) is 6.08 Å². The second kappa shape index (κ2) is 4.91. The van der Waals surface area contributed by atoms with Crippen molar-refractivity contribution >= 4 is 10.0 Å². The molecule has 0 aromatic rings. The van der Waals surface area contributed by atoms with Crippen LogP contribution in [0.15, 0.2) is 12.7 Å². The predicted octanol–water partition coefficient (Wildman–Crippen LogP) is 0.232. The van der Waals surface area contributed by atoms with Crippen LogP contribution in [-0.2, 0) is 10.0 Å². The SMILES string of the molecule is C=CCS(=O)(=O)NC1CCNC(C)C1. The third-order valence-corrected chi connectivity index (χ3v) is 3.67. The lowest BCUT2D eigenvalue weighted by Gasteiger charge is -2.28. The Bertz CT molecular complexity index is 287. The fourth-order valence-electron chi connectivity index (χ4n) is 1.70. The first-order chi connectivity index (χ1) is 6.53. The van der Waals surface area contributed by atoms with E-state index in [1.54, 1.807) is 0 Å². The lowest BCUT2D eigenvalue weighted by atomic mass is 10.0. The summed E-state index contributed by atoms with van der Waals surface area (Å²) in [4.78, 5) is 0. The quantitative estimate of drug-likeness (QED) is 0.664. The van der Waals surface area contributed by atoms with Crippen LogP contribution in [0.4, 0.5) is 0 Å². The van der Waals surface area contributed by atoms with Gasteiger partial charge in [0.25, 0.3) is 0 Å². The van der Waals surface area contributed by atoms with Crippen molar-refractivity contribution in [1.29, 1.82) is 0 Å². The van der Waals surface area contributed by atoms with Crippen LogP contribution in [0.3, 0.4) is 0 Å². The lowest BCUT2D eigenvalue weighted by Crippen LogP contribution is -2.46. The maximum atomic E-state index is 11.4. The Labute approximate surface area is 85.8 Å². The first-order valence-corrected chi connectivity index (χ1v) is 6.53. The number of hydrogen-bond donors (Lipinski definition) is 2. The van der Waals surface area contributed by atoms with Crippen LogP contribution in [0, 0.1) is 0 Å². The molecule has 0 amide bonds. The second-order valence-corrected chi connectivity index (χ2v) is 5.56. The fourth-order valence-corrected chi connectivity index (χ4v) is 2.82. The van der Waals surface area contributed by atoms with Gasteiger partial charge in [-0.05, 0) is 26.3 Å². The molecule has 0 aromatic heterocycles. The normalized spacial score (nSPS) is 28.6. The highest BCUT2D eigenvalue weighted by molar-refractivity contribution is 7.89. The van der Waals surface area contributed by atoms with Gasteiger partial charge in [-0.3, -0.25) is 0 Å². The number of piperidine rings is 1. The zero-order chi connectivity index (χ0) is 10.6.